The molecular formula is C11H15NO2. The molecule has 0 heterocycles. The van der Waals surface area contributed by atoms with Gasteiger partial charge in [0.1, 0.15) is 6.04 Å². The van der Waals surface area contributed by atoms with Crippen LogP contribution in [0.4, 0.5) is 0 Å². The molecule has 0 amide bonds. The van der Waals surface area contributed by atoms with Gasteiger partial charge in [-0.15, -0.1) is 0 Å². The number of carboxylic acids is 1. The Bertz CT molecular complexity index is 347. The lowest BCUT2D eigenvalue weighted by atomic mass is 9.95. The summed E-state index contributed by atoms with van der Waals surface area (Å²) in [6, 6.07) is 4.68. The third-order valence-corrected chi connectivity index (χ3v) is 2.40. The summed E-state index contributed by atoms with van der Waals surface area (Å²) < 4.78 is 0. The van der Waals surface area contributed by atoms with Gasteiger partial charge in [-0.05, 0) is 30.0 Å². The van der Waals surface area contributed by atoms with Crippen LogP contribution in [0.25, 0.3) is 0 Å². The van der Waals surface area contributed by atoms with Crippen LogP contribution in [0.3, 0.4) is 0 Å². The average Bonchev–Trinajstić information content (AvgIpc) is 2.16. The molecule has 0 aliphatic rings. The number of benzene rings is 1. The van der Waals surface area contributed by atoms with Crippen molar-refractivity contribution in [1.29, 1.82) is 0 Å². The molecule has 0 aromatic heterocycles. The first kappa shape index (κ1) is 10.7. The lowest BCUT2D eigenvalue weighted by Gasteiger charge is -2.13. The molecule has 76 valence electrons. The normalized spacial score (nSPS) is 12.5. The van der Waals surface area contributed by atoms with Crippen molar-refractivity contribution in [1.82, 2.24) is 0 Å². The van der Waals surface area contributed by atoms with Crippen molar-refractivity contribution in [2.75, 3.05) is 0 Å². The Kier molecular flexibility index (Phi) is 3.25. The maximum atomic E-state index is 10.8. The van der Waals surface area contributed by atoms with Crippen molar-refractivity contribution in [3.63, 3.8) is 0 Å². The summed E-state index contributed by atoms with van der Waals surface area (Å²) in [6.45, 7) is 3.97. The topological polar surface area (TPSA) is 63.3 Å². The minimum absolute atomic E-state index is 0.722. The summed E-state index contributed by atoms with van der Waals surface area (Å²) in [5.41, 5.74) is 8.45. The molecular weight excluding hydrogens is 178 g/mol. The summed E-state index contributed by atoms with van der Waals surface area (Å²) in [7, 11) is 0. The molecule has 3 nitrogen and oxygen atoms in total. The highest BCUT2D eigenvalue weighted by Gasteiger charge is 2.17. The number of hydrogen-bond acceptors (Lipinski definition) is 2. The minimum atomic E-state index is -0.981. The van der Waals surface area contributed by atoms with E-state index in [2.05, 4.69) is 0 Å². The van der Waals surface area contributed by atoms with E-state index in [1.54, 1.807) is 6.07 Å². The van der Waals surface area contributed by atoms with Crippen LogP contribution in [0.2, 0.25) is 0 Å². The van der Waals surface area contributed by atoms with Gasteiger partial charge in [0.15, 0.2) is 0 Å². The van der Waals surface area contributed by atoms with E-state index in [1.807, 2.05) is 26.0 Å². The van der Waals surface area contributed by atoms with Gasteiger partial charge in [0.05, 0.1) is 0 Å². The zero-order valence-electron chi connectivity index (χ0n) is 8.45. The van der Waals surface area contributed by atoms with Gasteiger partial charge in [-0.2, -0.15) is 0 Å². The van der Waals surface area contributed by atoms with Crippen molar-refractivity contribution in [2.45, 2.75) is 26.3 Å². The fourth-order valence-corrected chi connectivity index (χ4v) is 1.63. The lowest BCUT2D eigenvalue weighted by Crippen LogP contribution is -2.22. The molecule has 0 unspecified atom stereocenters. The van der Waals surface area contributed by atoms with E-state index in [4.69, 9.17) is 10.8 Å². The zero-order chi connectivity index (χ0) is 10.7. The quantitative estimate of drug-likeness (QED) is 0.767. The van der Waals surface area contributed by atoms with Crippen molar-refractivity contribution in [3.8, 4) is 0 Å². The number of aliphatic carboxylic acids is 1. The van der Waals surface area contributed by atoms with E-state index in [9.17, 15) is 4.79 Å². The van der Waals surface area contributed by atoms with Crippen molar-refractivity contribution >= 4 is 5.97 Å². The van der Waals surface area contributed by atoms with E-state index >= 15 is 0 Å². The average molecular weight is 193 g/mol. The molecule has 0 bridgehead atoms. The molecule has 0 aliphatic carbocycles. The van der Waals surface area contributed by atoms with E-state index in [0.29, 0.717) is 0 Å². The SMILES string of the molecule is CCc1c(C)cccc1[C@@H](N)C(=O)O. The number of aryl methyl sites for hydroxylation is 1. The van der Waals surface area contributed by atoms with E-state index in [0.717, 1.165) is 23.1 Å². The monoisotopic (exact) mass is 193 g/mol. The van der Waals surface area contributed by atoms with Gasteiger partial charge in [0, 0.05) is 0 Å². The zero-order valence-corrected chi connectivity index (χ0v) is 8.45. The van der Waals surface area contributed by atoms with Crippen LogP contribution in [0.1, 0.15) is 29.7 Å². The molecule has 1 atom stereocenters. The standard InChI is InChI=1S/C11H15NO2/c1-3-8-7(2)5-4-6-9(8)10(12)11(13)14/h4-6,10H,3,12H2,1-2H3,(H,13,14)/t10-/m1/s1. The summed E-state index contributed by atoms with van der Waals surface area (Å²) in [4.78, 5) is 10.8. The van der Waals surface area contributed by atoms with Crippen molar-refractivity contribution < 1.29 is 9.90 Å². The Morgan fingerprint density at radius 3 is 2.71 bits per heavy atom. The third-order valence-electron chi connectivity index (χ3n) is 2.40. The first-order valence-corrected chi connectivity index (χ1v) is 4.64. The van der Waals surface area contributed by atoms with Crippen LogP contribution >= 0.6 is 0 Å². The molecule has 3 heteroatoms. The van der Waals surface area contributed by atoms with Gasteiger partial charge in [-0.3, -0.25) is 4.79 Å². The van der Waals surface area contributed by atoms with Crippen molar-refractivity contribution in [3.05, 3.63) is 34.9 Å². The molecule has 1 rings (SSSR count). The second kappa shape index (κ2) is 4.24. The molecule has 1 aromatic rings. The highest BCUT2D eigenvalue weighted by atomic mass is 16.4. The fraction of sp³-hybridized carbons (Fsp3) is 0.364. The summed E-state index contributed by atoms with van der Waals surface area (Å²) in [5.74, 6) is -0.981. The first-order chi connectivity index (χ1) is 6.57. The molecule has 1 aromatic carbocycles. The van der Waals surface area contributed by atoms with Crippen LogP contribution in [0.15, 0.2) is 18.2 Å². The molecule has 0 fully saturated rings. The van der Waals surface area contributed by atoms with Gasteiger partial charge < -0.3 is 10.8 Å². The minimum Gasteiger partial charge on any atom is -0.480 e. The van der Waals surface area contributed by atoms with Gasteiger partial charge in [0.2, 0.25) is 0 Å². The van der Waals surface area contributed by atoms with E-state index < -0.39 is 12.0 Å². The molecule has 3 N–H and O–H groups in total. The van der Waals surface area contributed by atoms with E-state index in [-0.39, 0.29) is 0 Å². The Hall–Kier alpha value is -1.35. The number of carboxylic acid groups (broad SMARTS) is 1. The molecule has 0 radical (unpaired) electrons. The number of carbonyl (C=O) groups is 1. The van der Waals surface area contributed by atoms with Gasteiger partial charge in [-0.1, -0.05) is 25.1 Å². The molecule has 14 heavy (non-hydrogen) atoms. The third kappa shape index (κ3) is 1.93. The summed E-state index contributed by atoms with van der Waals surface area (Å²) in [6.07, 6.45) is 0.809. The van der Waals surface area contributed by atoms with Gasteiger partial charge in [-0.25, -0.2) is 0 Å². The van der Waals surface area contributed by atoms with Crippen LogP contribution in [0.5, 0.6) is 0 Å². The second-order valence-corrected chi connectivity index (χ2v) is 3.31. The number of hydrogen-bond donors (Lipinski definition) is 2. The number of nitrogens with two attached hydrogens (primary N) is 1. The largest absolute Gasteiger partial charge is 0.480 e. The first-order valence-electron chi connectivity index (χ1n) is 4.64. The van der Waals surface area contributed by atoms with Crippen LogP contribution in [-0.2, 0) is 11.2 Å². The Morgan fingerprint density at radius 2 is 2.21 bits per heavy atom. The summed E-state index contributed by atoms with van der Waals surface area (Å²) in [5, 5.41) is 8.82. The summed E-state index contributed by atoms with van der Waals surface area (Å²) >= 11 is 0. The Morgan fingerprint density at radius 1 is 1.57 bits per heavy atom. The van der Waals surface area contributed by atoms with Gasteiger partial charge >= 0.3 is 5.97 Å². The maximum absolute atomic E-state index is 10.8. The predicted molar refractivity (Wildman–Crippen MR) is 55.1 cm³/mol. The molecule has 0 saturated carbocycles. The fourth-order valence-electron chi connectivity index (χ4n) is 1.63. The smallest absolute Gasteiger partial charge is 0.325 e. The molecule has 0 aliphatic heterocycles. The maximum Gasteiger partial charge on any atom is 0.325 e. The number of rotatable bonds is 3. The molecule has 0 saturated heterocycles. The highest BCUT2D eigenvalue weighted by molar-refractivity contribution is 5.76. The Balaban J connectivity index is 3.20. The van der Waals surface area contributed by atoms with Crippen LogP contribution in [-0.4, -0.2) is 11.1 Å². The second-order valence-electron chi connectivity index (χ2n) is 3.31. The Labute approximate surface area is 83.6 Å². The van der Waals surface area contributed by atoms with Crippen LogP contribution < -0.4 is 5.73 Å². The predicted octanol–water partition coefficient (Wildman–Crippen LogP) is 1.64. The van der Waals surface area contributed by atoms with Gasteiger partial charge in [0.25, 0.3) is 0 Å². The van der Waals surface area contributed by atoms with Crippen molar-refractivity contribution in [2.24, 2.45) is 5.73 Å². The lowest BCUT2D eigenvalue weighted by molar-refractivity contribution is -0.138. The van der Waals surface area contributed by atoms with E-state index in [1.165, 1.54) is 0 Å². The molecule has 0 spiro atoms. The highest BCUT2D eigenvalue weighted by Crippen LogP contribution is 2.20. The van der Waals surface area contributed by atoms with Crippen LogP contribution in [0, 0.1) is 6.92 Å².